The minimum atomic E-state index is -5.08. The zero-order valence-electron chi connectivity index (χ0n) is 17.6. The maximum absolute atomic E-state index is 13.5. The van der Waals surface area contributed by atoms with Crippen molar-refractivity contribution in [1.29, 1.82) is 0 Å². The molecule has 34 heavy (non-hydrogen) atoms. The highest BCUT2D eigenvalue weighted by Gasteiger charge is 2.70. The number of hydrogen-bond acceptors (Lipinski definition) is 5. The number of nitrogens with zero attached hydrogens (tertiary/aromatic N) is 3. The number of likely N-dealkylation sites (tertiary alicyclic amines) is 1. The van der Waals surface area contributed by atoms with Crippen molar-refractivity contribution in [3.05, 3.63) is 34.3 Å². The van der Waals surface area contributed by atoms with Gasteiger partial charge in [0.1, 0.15) is 0 Å². The number of rotatable bonds is 4. The second-order valence-corrected chi connectivity index (χ2v) is 9.31. The van der Waals surface area contributed by atoms with E-state index in [2.05, 4.69) is 31.5 Å². The maximum Gasteiger partial charge on any atom is 0.490 e. The van der Waals surface area contributed by atoms with E-state index in [-0.39, 0.29) is 24.2 Å². The van der Waals surface area contributed by atoms with Crippen LogP contribution in [0.1, 0.15) is 31.2 Å². The number of benzene rings is 1. The van der Waals surface area contributed by atoms with Crippen LogP contribution in [-0.2, 0) is 15.0 Å². The number of alkyl halides is 6. The van der Waals surface area contributed by atoms with Crippen LogP contribution >= 0.6 is 15.9 Å². The van der Waals surface area contributed by atoms with E-state index >= 15 is 0 Å². The largest absolute Gasteiger partial charge is 0.490 e. The zero-order chi connectivity index (χ0) is 25.4. The molecule has 0 spiro atoms. The highest BCUT2D eigenvalue weighted by molar-refractivity contribution is 9.10. The standard InChI is InChI=1S/C18H20BrF3N4O.C2HF3O2/c19-13-6-4-12(5-7-13)16(10-23-11-16)9-15(27)26-8-2-1-3-14(26)17(24-25-17)18(20,21)22;3-2(4,5)1(6)7/h4-7,14,23H,1-3,8-11H2;(H,6,7). The Bertz CT molecular complexity index is 941. The van der Waals surface area contributed by atoms with Gasteiger partial charge >= 0.3 is 24.0 Å². The number of aliphatic carboxylic acids is 1. The molecule has 3 aliphatic rings. The van der Waals surface area contributed by atoms with Crippen molar-refractivity contribution in [2.24, 2.45) is 10.2 Å². The van der Waals surface area contributed by atoms with E-state index in [1.807, 2.05) is 24.3 Å². The second-order valence-electron chi connectivity index (χ2n) is 8.39. The van der Waals surface area contributed by atoms with Crippen LogP contribution in [-0.4, -0.2) is 65.6 Å². The molecule has 14 heteroatoms. The molecule has 0 aliphatic carbocycles. The summed E-state index contributed by atoms with van der Waals surface area (Å²) < 4.78 is 73.2. The summed E-state index contributed by atoms with van der Waals surface area (Å²) >= 11 is 3.40. The molecular formula is C20H21BrF6N4O3. The lowest BCUT2D eigenvalue weighted by Gasteiger charge is -2.46. The van der Waals surface area contributed by atoms with Crippen LogP contribution in [0.5, 0.6) is 0 Å². The number of carboxylic acid groups (broad SMARTS) is 1. The van der Waals surface area contributed by atoms with E-state index in [9.17, 15) is 31.1 Å². The number of carbonyl (C=O) groups excluding carboxylic acids is 1. The molecule has 3 aliphatic heterocycles. The first-order chi connectivity index (χ1) is 15.7. The summed E-state index contributed by atoms with van der Waals surface area (Å²) in [5.41, 5.74) is -1.76. The summed E-state index contributed by atoms with van der Waals surface area (Å²) in [4.78, 5) is 23.4. The third-order valence-corrected chi connectivity index (χ3v) is 6.66. The highest BCUT2D eigenvalue weighted by Crippen LogP contribution is 2.51. The Morgan fingerprint density at radius 2 is 1.65 bits per heavy atom. The smallest absolute Gasteiger partial charge is 0.475 e. The molecule has 2 fully saturated rings. The van der Waals surface area contributed by atoms with Crippen LogP contribution in [0, 0.1) is 0 Å². The molecule has 4 rings (SSSR count). The van der Waals surface area contributed by atoms with Gasteiger partial charge in [-0.15, -0.1) is 10.2 Å². The quantitative estimate of drug-likeness (QED) is 0.535. The Morgan fingerprint density at radius 1 is 1.09 bits per heavy atom. The number of carbonyl (C=O) groups is 2. The predicted molar refractivity (Wildman–Crippen MR) is 110 cm³/mol. The Balaban J connectivity index is 0.000000406. The number of hydrogen-bond donors (Lipinski definition) is 2. The molecule has 0 saturated carbocycles. The van der Waals surface area contributed by atoms with Gasteiger partial charge in [-0.25, -0.2) is 4.79 Å². The van der Waals surface area contributed by atoms with Crippen molar-refractivity contribution < 1.29 is 41.0 Å². The molecule has 1 amide bonds. The van der Waals surface area contributed by atoms with Crippen molar-refractivity contribution in [2.75, 3.05) is 19.6 Å². The molecule has 1 unspecified atom stereocenters. The minimum absolute atomic E-state index is 0.187. The monoisotopic (exact) mass is 558 g/mol. The molecular weight excluding hydrogens is 538 g/mol. The summed E-state index contributed by atoms with van der Waals surface area (Å²) in [5.74, 6) is -3.00. The zero-order valence-corrected chi connectivity index (χ0v) is 19.2. The molecule has 2 saturated heterocycles. The minimum Gasteiger partial charge on any atom is -0.475 e. The van der Waals surface area contributed by atoms with E-state index in [0.717, 1.165) is 10.0 Å². The number of amides is 1. The predicted octanol–water partition coefficient (Wildman–Crippen LogP) is 4.42. The fourth-order valence-corrected chi connectivity index (χ4v) is 4.45. The van der Waals surface area contributed by atoms with Crippen LogP contribution in [0.15, 0.2) is 39.0 Å². The Hall–Kier alpha value is -2.22. The van der Waals surface area contributed by atoms with Crippen LogP contribution in [0.25, 0.3) is 0 Å². The summed E-state index contributed by atoms with van der Waals surface area (Å²) in [6, 6.07) is 6.76. The van der Waals surface area contributed by atoms with Crippen molar-refractivity contribution in [1.82, 2.24) is 10.2 Å². The number of piperidine rings is 1. The van der Waals surface area contributed by atoms with E-state index in [1.165, 1.54) is 4.90 Å². The van der Waals surface area contributed by atoms with Gasteiger partial charge in [0.15, 0.2) is 0 Å². The number of nitrogens with one attached hydrogen (secondary N) is 1. The molecule has 2 N–H and O–H groups in total. The summed E-state index contributed by atoms with van der Waals surface area (Å²) in [6.07, 6.45) is -7.82. The van der Waals surface area contributed by atoms with Gasteiger partial charge in [-0.05, 0) is 37.0 Å². The first-order valence-corrected chi connectivity index (χ1v) is 11.1. The number of halogens is 7. The average molecular weight is 559 g/mol. The summed E-state index contributed by atoms with van der Waals surface area (Å²) in [5, 5.41) is 17.0. The van der Waals surface area contributed by atoms with Crippen LogP contribution in [0.3, 0.4) is 0 Å². The Morgan fingerprint density at radius 3 is 2.06 bits per heavy atom. The second kappa shape index (κ2) is 9.44. The summed E-state index contributed by atoms with van der Waals surface area (Å²) in [7, 11) is 0. The molecule has 188 valence electrons. The van der Waals surface area contributed by atoms with Gasteiger partial charge in [0.25, 0.3) is 0 Å². The Labute approximate surface area is 198 Å². The normalized spacial score (nSPS) is 22.8. The Kier molecular flexibility index (Phi) is 7.32. The van der Waals surface area contributed by atoms with Crippen LogP contribution < -0.4 is 5.32 Å². The molecule has 1 aromatic rings. The highest BCUT2D eigenvalue weighted by atomic mass is 79.9. The molecule has 3 heterocycles. The van der Waals surface area contributed by atoms with Crippen molar-refractivity contribution in [3.63, 3.8) is 0 Å². The SMILES string of the molecule is O=C(CC1(c2ccc(Br)cc2)CNC1)N1CCCCC1C1(C(F)(F)F)N=N1.O=C(O)C(F)(F)F. The molecule has 0 aromatic heterocycles. The molecule has 1 aromatic carbocycles. The van der Waals surface area contributed by atoms with Gasteiger partial charge in [-0.2, -0.15) is 26.3 Å². The fraction of sp³-hybridized carbons (Fsp3) is 0.600. The van der Waals surface area contributed by atoms with Crippen LogP contribution in [0.4, 0.5) is 26.3 Å². The third kappa shape index (κ3) is 5.37. The lowest BCUT2D eigenvalue weighted by molar-refractivity contribution is -0.192. The summed E-state index contributed by atoms with van der Waals surface area (Å²) in [6.45, 7) is 1.60. The van der Waals surface area contributed by atoms with Gasteiger partial charge in [0.2, 0.25) is 5.91 Å². The molecule has 0 bridgehead atoms. The van der Waals surface area contributed by atoms with Crippen molar-refractivity contribution in [3.8, 4) is 0 Å². The first-order valence-electron chi connectivity index (χ1n) is 10.3. The van der Waals surface area contributed by atoms with Crippen LogP contribution in [0.2, 0.25) is 0 Å². The van der Waals surface area contributed by atoms with E-state index in [4.69, 9.17) is 9.90 Å². The molecule has 1 atom stereocenters. The average Bonchev–Trinajstić information content (AvgIpc) is 3.53. The molecule has 7 nitrogen and oxygen atoms in total. The van der Waals surface area contributed by atoms with Gasteiger partial charge < -0.3 is 15.3 Å². The van der Waals surface area contributed by atoms with E-state index < -0.39 is 30.0 Å². The number of carboxylic acids is 1. The van der Waals surface area contributed by atoms with Crippen molar-refractivity contribution >= 4 is 27.8 Å². The maximum atomic E-state index is 13.5. The van der Waals surface area contributed by atoms with E-state index in [1.54, 1.807) is 0 Å². The van der Waals surface area contributed by atoms with Gasteiger partial charge in [-0.3, -0.25) is 4.79 Å². The van der Waals surface area contributed by atoms with Gasteiger partial charge in [0, 0.05) is 35.9 Å². The lowest BCUT2D eigenvalue weighted by atomic mass is 9.72. The topological polar surface area (TPSA) is 94.4 Å². The lowest BCUT2D eigenvalue weighted by Crippen LogP contribution is -2.61. The third-order valence-electron chi connectivity index (χ3n) is 6.14. The molecule has 0 radical (unpaired) electrons. The van der Waals surface area contributed by atoms with Crippen molar-refractivity contribution in [2.45, 2.75) is 55.2 Å². The van der Waals surface area contributed by atoms with Gasteiger partial charge in [0.05, 0.1) is 6.04 Å². The van der Waals surface area contributed by atoms with E-state index in [0.29, 0.717) is 32.5 Å². The van der Waals surface area contributed by atoms with Gasteiger partial charge in [-0.1, -0.05) is 28.1 Å². The fourth-order valence-electron chi connectivity index (χ4n) is 4.19. The first kappa shape index (κ1) is 26.4.